The Bertz CT molecular complexity index is 303. The fourth-order valence-electron chi connectivity index (χ4n) is 1.93. The summed E-state index contributed by atoms with van der Waals surface area (Å²) in [6.07, 6.45) is 1.65. The zero-order valence-corrected chi connectivity index (χ0v) is 8.93. The molecule has 0 bridgehead atoms. The van der Waals surface area contributed by atoms with Crippen LogP contribution in [0.1, 0.15) is 19.3 Å². The fraction of sp³-hybridized carbons (Fsp3) is 0.800. The molecule has 3 N–H and O–H groups in total. The molecule has 6 nitrogen and oxygen atoms in total. The Hall–Kier alpha value is -1.30. The first-order chi connectivity index (χ1) is 7.58. The Morgan fingerprint density at radius 2 is 2.06 bits per heavy atom. The molecule has 1 saturated carbocycles. The number of aliphatic hydroxyl groups is 1. The number of urea groups is 1. The van der Waals surface area contributed by atoms with Gasteiger partial charge in [-0.05, 0) is 18.8 Å². The van der Waals surface area contributed by atoms with E-state index in [2.05, 4.69) is 5.32 Å². The number of carbonyl (C=O) groups excluding carboxylic acids is 1. The minimum Gasteiger partial charge on any atom is -0.480 e. The van der Waals surface area contributed by atoms with E-state index in [1.165, 1.54) is 4.90 Å². The molecule has 1 aliphatic heterocycles. The average Bonchev–Trinajstić information content (AvgIpc) is 2.96. The first-order valence-corrected chi connectivity index (χ1v) is 5.53. The van der Waals surface area contributed by atoms with E-state index in [0.717, 1.165) is 12.8 Å². The van der Waals surface area contributed by atoms with Gasteiger partial charge in [0.25, 0.3) is 0 Å². The molecule has 90 valence electrons. The first-order valence-electron chi connectivity index (χ1n) is 5.53. The maximum absolute atomic E-state index is 11.7. The van der Waals surface area contributed by atoms with Crippen molar-refractivity contribution < 1.29 is 19.8 Å². The SMILES string of the molecule is O=C(O)[C@@H]1CC(O)CN1C(=O)NCC1CC1. The number of carboxylic acid groups (broad SMARTS) is 1. The lowest BCUT2D eigenvalue weighted by Crippen LogP contribution is -2.46. The zero-order chi connectivity index (χ0) is 11.7. The summed E-state index contributed by atoms with van der Waals surface area (Å²) >= 11 is 0. The van der Waals surface area contributed by atoms with Gasteiger partial charge in [-0.25, -0.2) is 9.59 Å². The molecular formula is C10H16N2O4. The van der Waals surface area contributed by atoms with Crippen molar-refractivity contribution in [1.29, 1.82) is 0 Å². The van der Waals surface area contributed by atoms with E-state index in [9.17, 15) is 14.7 Å². The number of aliphatic carboxylic acids is 1. The number of hydrogen-bond acceptors (Lipinski definition) is 3. The van der Waals surface area contributed by atoms with E-state index in [1.807, 2.05) is 0 Å². The molecule has 1 heterocycles. The molecule has 2 atom stereocenters. The van der Waals surface area contributed by atoms with Crippen molar-refractivity contribution in [3.8, 4) is 0 Å². The van der Waals surface area contributed by atoms with Crippen LogP contribution in [-0.2, 0) is 4.79 Å². The highest BCUT2D eigenvalue weighted by Crippen LogP contribution is 2.27. The largest absolute Gasteiger partial charge is 0.480 e. The van der Waals surface area contributed by atoms with E-state index in [0.29, 0.717) is 12.5 Å². The van der Waals surface area contributed by atoms with Gasteiger partial charge in [0.15, 0.2) is 0 Å². The van der Waals surface area contributed by atoms with Crippen molar-refractivity contribution in [3.63, 3.8) is 0 Å². The number of nitrogens with one attached hydrogen (secondary N) is 1. The maximum atomic E-state index is 11.7. The molecule has 0 aromatic heterocycles. The number of rotatable bonds is 3. The van der Waals surface area contributed by atoms with Crippen molar-refractivity contribution >= 4 is 12.0 Å². The molecule has 0 aromatic rings. The highest BCUT2D eigenvalue weighted by Gasteiger charge is 2.39. The number of carboxylic acids is 1. The Labute approximate surface area is 93.2 Å². The molecule has 2 rings (SSSR count). The van der Waals surface area contributed by atoms with Crippen molar-refractivity contribution in [3.05, 3.63) is 0 Å². The molecule has 6 heteroatoms. The first kappa shape index (κ1) is 11.2. The normalized spacial score (nSPS) is 29.2. The van der Waals surface area contributed by atoms with Crippen LogP contribution in [0.25, 0.3) is 0 Å². The van der Waals surface area contributed by atoms with Gasteiger partial charge in [-0.1, -0.05) is 0 Å². The van der Waals surface area contributed by atoms with Crippen LogP contribution < -0.4 is 5.32 Å². The van der Waals surface area contributed by atoms with Gasteiger partial charge in [0.1, 0.15) is 6.04 Å². The van der Waals surface area contributed by atoms with Crippen LogP contribution >= 0.6 is 0 Å². The summed E-state index contributed by atoms with van der Waals surface area (Å²) in [7, 11) is 0. The lowest BCUT2D eigenvalue weighted by Gasteiger charge is -2.21. The summed E-state index contributed by atoms with van der Waals surface area (Å²) in [6.45, 7) is 0.714. The topological polar surface area (TPSA) is 89.9 Å². The Morgan fingerprint density at radius 1 is 1.38 bits per heavy atom. The van der Waals surface area contributed by atoms with E-state index in [1.54, 1.807) is 0 Å². The van der Waals surface area contributed by atoms with Gasteiger partial charge in [0.2, 0.25) is 0 Å². The summed E-state index contributed by atoms with van der Waals surface area (Å²) in [5.41, 5.74) is 0. The number of β-amino-alcohol motifs (C(OH)–C–C–N with tert-alkyl or cyclic N) is 1. The van der Waals surface area contributed by atoms with Gasteiger partial charge in [0, 0.05) is 19.5 Å². The van der Waals surface area contributed by atoms with E-state index in [4.69, 9.17) is 5.11 Å². The summed E-state index contributed by atoms with van der Waals surface area (Å²) in [4.78, 5) is 23.8. The highest BCUT2D eigenvalue weighted by atomic mass is 16.4. The summed E-state index contributed by atoms with van der Waals surface area (Å²) in [6, 6.07) is -1.27. The van der Waals surface area contributed by atoms with Crippen LogP contribution in [0.5, 0.6) is 0 Å². The van der Waals surface area contributed by atoms with Crippen molar-refractivity contribution in [1.82, 2.24) is 10.2 Å². The highest BCUT2D eigenvalue weighted by molar-refractivity contribution is 5.83. The van der Waals surface area contributed by atoms with Crippen LogP contribution in [0.2, 0.25) is 0 Å². The summed E-state index contributed by atoms with van der Waals surface area (Å²) < 4.78 is 0. The van der Waals surface area contributed by atoms with Crippen LogP contribution in [-0.4, -0.2) is 52.3 Å². The average molecular weight is 228 g/mol. The zero-order valence-electron chi connectivity index (χ0n) is 8.93. The molecule has 2 amide bonds. The third-order valence-electron chi connectivity index (χ3n) is 3.06. The Balaban J connectivity index is 1.89. The van der Waals surface area contributed by atoms with Crippen LogP contribution in [0.3, 0.4) is 0 Å². The Kier molecular flexibility index (Phi) is 3.00. The molecule has 0 spiro atoms. The second kappa shape index (κ2) is 4.29. The quantitative estimate of drug-likeness (QED) is 0.614. The number of likely N-dealkylation sites (tertiary alicyclic amines) is 1. The standard InChI is InChI=1S/C10H16N2O4/c13-7-3-8(9(14)15)12(5-7)10(16)11-4-6-1-2-6/h6-8,13H,1-5H2,(H,11,16)(H,14,15)/t7?,8-/m0/s1. The molecule has 2 aliphatic rings. The number of hydrogen-bond donors (Lipinski definition) is 3. The number of aliphatic hydroxyl groups excluding tert-OH is 1. The minimum absolute atomic E-state index is 0.105. The smallest absolute Gasteiger partial charge is 0.326 e. The van der Waals surface area contributed by atoms with Gasteiger partial charge in [-0.15, -0.1) is 0 Å². The lowest BCUT2D eigenvalue weighted by molar-refractivity contribution is -0.141. The predicted octanol–water partition coefficient (Wildman–Crippen LogP) is -0.374. The van der Waals surface area contributed by atoms with Gasteiger partial charge in [-0.2, -0.15) is 0 Å². The lowest BCUT2D eigenvalue weighted by atomic mass is 10.2. The van der Waals surface area contributed by atoms with Crippen LogP contribution in [0.4, 0.5) is 4.79 Å². The molecule has 1 saturated heterocycles. The molecule has 1 unspecified atom stereocenters. The molecular weight excluding hydrogens is 212 g/mol. The fourth-order valence-corrected chi connectivity index (χ4v) is 1.93. The molecule has 1 aliphatic carbocycles. The van der Waals surface area contributed by atoms with Crippen LogP contribution in [0.15, 0.2) is 0 Å². The van der Waals surface area contributed by atoms with E-state index < -0.39 is 18.1 Å². The molecule has 0 aromatic carbocycles. The molecule has 2 fully saturated rings. The third-order valence-corrected chi connectivity index (χ3v) is 3.06. The van der Waals surface area contributed by atoms with E-state index >= 15 is 0 Å². The van der Waals surface area contributed by atoms with E-state index in [-0.39, 0.29) is 19.0 Å². The molecule has 0 radical (unpaired) electrons. The van der Waals surface area contributed by atoms with Crippen molar-refractivity contribution in [2.75, 3.05) is 13.1 Å². The number of nitrogens with zero attached hydrogens (tertiary/aromatic N) is 1. The van der Waals surface area contributed by atoms with Gasteiger partial charge in [0.05, 0.1) is 6.10 Å². The second-order valence-electron chi connectivity index (χ2n) is 4.53. The van der Waals surface area contributed by atoms with Crippen LogP contribution in [0, 0.1) is 5.92 Å². The predicted molar refractivity (Wildman–Crippen MR) is 54.9 cm³/mol. The molecule has 16 heavy (non-hydrogen) atoms. The third kappa shape index (κ3) is 2.44. The van der Waals surface area contributed by atoms with Crippen molar-refractivity contribution in [2.24, 2.45) is 5.92 Å². The minimum atomic E-state index is -1.06. The maximum Gasteiger partial charge on any atom is 0.326 e. The Morgan fingerprint density at radius 3 is 2.62 bits per heavy atom. The monoisotopic (exact) mass is 228 g/mol. The van der Waals surface area contributed by atoms with Gasteiger partial charge in [-0.3, -0.25) is 0 Å². The van der Waals surface area contributed by atoms with Crippen molar-refractivity contribution in [2.45, 2.75) is 31.4 Å². The summed E-state index contributed by atoms with van der Waals surface area (Å²) in [5, 5.41) is 21.0. The number of carbonyl (C=O) groups is 2. The van der Waals surface area contributed by atoms with Gasteiger partial charge < -0.3 is 20.4 Å². The second-order valence-corrected chi connectivity index (χ2v) is 4.53. The number of amides is 2. The summed E-state index contributed by atoms with van der Waals surface area (Å²) in [5.74, 6) is -0.502. The van der Waals surface area contributed by atoms with Gasteiger partial charge >= 0.3 is 12.0 Å².